The van der Waals surface area contributed by atoms with Crippen molar-refractivity contribution < 1.29 is 23.0 Å². The lowest BCUT2D eigenvalue weighted by molar-refractivity contribution is 0.354. The van der Waals surface area contributed by atoms with E-state index in [0.717, 1.165) is 0 Å². The number of phenolic OH excluding ortho intramolecular Hbond substituents is 1. The van der Waals surface area contributed by atoms with Crippen molar-refractivity contribution in [3.63, 3.8) is 0 Å². The van der Waals surface area contributed by atoms with Crippen molar-refractivity contribution in [2.75, 3.05) is 14.2 Å². The first kappa shape index (κ1) is 25.3. The van der Waals surface area contributed by atoms with Crippen molar-refractivity contribution in [3.8, 4) is 23.3 Å². The van der Waals surface area contributed by atoms with Crippen molar-refractivity contribution in [1.29, 1.82) is 5.26 Å². The Labute approximate surface area is 191 Å². The van der Waals surface area contributed by atoms with Crippen molar-refractivity contribution in [1.82, 2.24) is 0 Å². The fourth-order valence-corrected chi connectivity index (χ4v) is 4.49. The first-order chi connectivity index (χ1) is 14.7. The molecule has 0 amide bonds. The Hall–Kier alpha value is -2.98. The van der Waals surface area contributed by atoms with Gasteiger partial charge in [-0.3, -0.25) is 0 Å². The highest BCUT2D eigenvalue weighted by molar-refractivity contribution is 7.95. The molecule has 0 aliphatic heterocycles. The smallest absolute Gasteiger partial charge is 0.216 e. The van der Waals surface area contributed by atoms with E-state index in [2.05, 4.69) is 0 Å². The number of sulfone groups is 1. The molecular weight excluding hydrogens is 426 g/mol. The molecular formula is C25H31NO5S. The van der Waals surface area contributed by atoms with Crippen LogP contribution in [0.15, 0.2) is 40.1 Å². The highest BCUT2D eigenvalue weighted by Gasteiger charge is 2.28. The first-order valence-electron chi connectivity index (χ1n) is 10.1. The highest BCUT2D eigenvalue weighted by Crippen LogP contribution is 2.40. The standard InChI is InChI=1S/C25H31NO5S/c1-24(2,3)19-12-16(13-20(23(19)27)25(4,5)6)11-18(15-26)32(28,29)17-9-10-21(30-7)22(14-17)31-8/h9-14,27H,1-8H3. The van der Waals surface area contributed by atoms with Crippen molar-refractivity contribution in [2.24, 2.45) is 0 Å². The van der Waals surface area contributed by atoms with E-state index in [9.17, 15) is 18.8 Å². The molecule has 32 heavy (non-hydrogen) atoms. The predicted octanol–water partition coefficient (Wildman–Crippen LogP) is 5.34. The lowest BCUT2D eigenvalue weighted by Gasteiger charge is -2.28. The quantitative estimate of drug-likeness (QED) is 0.609. The summed E-state index contributed by atoms with van der Waals surface area (Å²) >= 11 is 0. The molecule has 1 N–H and O–H groups in total. The molecule has 0 saturated carbocycles. The molecule has 0 fully saturated rings. The zero-order chi connectivity index (χ0) is 24.5. The average Bonchev–Trinajstić information content (AvgIpc) is 2.70. The number of hydrogen-bond donors (Lipinski definition) is 1. The Morgan fingerprint density at radius 1 is 0.938 bits per heavy atom. The van der Waals surface area contributed by atoms with E-state index in [1.165, 1.54) is 38.5 Å². The topological polar surface area (TPSA) is 96.6 Å². The molecule has 0 spiro atoms. The van der Waals surface area contributed by atoms with E-state index in [4.69, 9.17) is 9.47 Å². The largest absolute Gasteiger partial charge is 0.507 e. The van der Waals surface area contributed by atoms with Crippen molar-refractivity contribution in [3.05, 3.63) is 51.9 Å². The summed E-state index contributed by atoms with van der Waals surface area (Å²) in [5.41, 5.74) is 1.11. The molecule has 0 aromatic heterocycles. The van der Waals surface area contributed by atoms with Gasteiger partial charge in [0.15, 0.2) is 11.5 Å². The van der Waals surface area contributed by atoms with Crippen LogP contribution in [0.25, 0.3) is 6.08 Å². The zero-order valence-corrected chi connectivity index (χ0v) is 20.7. The summed E-state index contributed by atoms with van der Waals surface area (Å²) in [6, 6.07) is 9.47. The van der Waals surface area contributed by atoms with Gasteiger partial charge in [0.1, 0.15) is 16.7 Å². The van der Waals surface area contributed by atoms with Gasteiger partial charge in [-0.15, -0.1) is 0 Å². The third kappa shape index (κ3) is 5.08. The lowest BCUT2D eigenvalue weighted by atomic mass is 9.78. The van der Waals surface area contributed by atoms with Gasteiger partial charge in [-0.25, -0.2) is 8.42 Å². The molecule has 2 aromatic carbocycles. The summed E-state index contributed by atoms with van der Waals surface area (Å²) in [6.45, 7) is 11.8. The Kier molecular flexibility index (Phi) is 7.01. The monoisotopic (exact) mass is 457 g/mol. The normalized spacial score (nSPS) is 12.9. The van der Waals surface area contributed by atoms with Crippen molar-refractivity contribution >= 4 is 15.9 Å². The van der Waals surface area contributed by atoms with E-state index in [1.54, 1.807) is 12.1 Å². The van der Waals surface area contributed by atoms with Crippen LogP contribution in [0.5, 0.6) is 17.2 Å². The molecule has 0 aliphatic rings. The molecule has 0 aliphatic carbocycles. The second kappa shape index (κ2) is 8.87. The highest BCUT2D eigenvalue weighted by atomic mass is 32.2. The maximum atomic E-state index is 13.2. The van der Waals surface area contributed by atoms with Gasteiger partial charge in [0.2, 0.25) is 9.84 Å². The number of allylic oxidation sites excluding steroid dienone is 1. The van der Waals surface area contributed by atoms with Gasteiger partial charge in [-0.05, 0) is 46.7 Å². The molecule has 6 nitrogen and oxygen atoms in total. The summed E-state index contributed by atoms with van der Waals surface area (Å²) in [5, 5.41) is 20.6. The maximum Gasteiger partial charge on any atom is 0.216 e. The minimum Gasteiger partial charge on any atom is -0.507 e. The van der Waals surface area contributed by atoms with E-state index in [1.807, 2.05) is 47.6 Å². The first-order valence-corrected chi connectivity index (χ1v) is 11.6. The minimum absolute atomic E-state index is 0.0752. The van der Waals surface area contributed by atoms with E-state index in [0.29, 0.717) is 22.4 Å². The molecule has 2 aromatic rings. The number of benzene rings is 2. The second-order valence-corrected chi connectivity index (χ2v) is 11.5. The van der Waals surface area contributed by atoms with Crippen LogP contribution in [-0.2, 0) is 20.7 Å². The molecule has 0 unspecified atom stereocenters. The average molecular weight is 458 g/mol. The van der Waals surface area contributed by atoms with Crippen LogP contribution in [0.2, 0.25) is 0 Å². The van der Waals surface area contributed by atoms with Gasteiger partial charge >= 0.3 is 0 Å². The number of phenols is 1. The third-order valence-electron chi connectivity index (χ3n) is 5.11. The summed E-state index contributed by atoms with van der Waals surface area (Å²) in [5.74, 6) is 0.820. The Balaban J connectivity index is 2.74. The van der Waals surface area contributed by atoms with Crippen LogP contribution in [0, 0.1) is 11.3 Å². The molecule has 0 radical (unpaired) electrons. The van der Waals surface area contributed by atoms with Gasteiger partial charge in [0.05, 0.1) is 19.1 Å². The van der Waals surface area contributed by atoms with Crippen LogP contribution < -0.4 is 9.47 Å². The maximum absolute atomic E-state index is 13.2. The van der Waals surface area contributed by atoms with Gasteiger partial charge in [0, 0.05) is 17.2 Å². The summed E-state index contributed by atoms with van der Waals surface area (Å²) in [4.78, 5) is -0.482. The summed E-state index contributed by atoms with van der Waals surface area (Å²) in [6.07, 6.45) is 1.34. The van der Waals surface area contributed by atoms with Crippen LogP contribution >= 0.6 is 0 Å². The fourth-order valence-electron chi connectivity index (χ4n) is 3.32. The SMILES string of the molecule is COc1ccc(S(=O)(=O)C(C#N)=Cc2cc(C(C)(C)C)c(O)c(C(C)(C)C)c2)cc1OC. The molecule has 0 bridgehead atoms. The zero-order valence-electron chi connectivity index (χ0n) is 19.9. The van der Waals surface area contributed by atoms with Crippen molar-refractivity contribution in [2.45, 2.75) is 57.3 Å². The molecule has 7 heteroatoms. The number of methoxy groups -OCH3 is 2. The van der Waals surface area contributed by atoms with Crippen LogP contribution in [0.1, 0.15) is 58.2 Å². The third-order valence-corrected chi connectivity index (χ3v) is 6.77. The Bertz CT molecular complexity index is 1160. The van der Waals surface area contributed by atoms with Gasteiger partial charge in [-0.1, -0.05) is 41.5 Å². The molecule has 0 atom stereocenters. The lowest BCUT2D eigenvalue weighted by Crippen LogP contribution is -2.17. The van der Waals surface area contributed by atoms with Gasteiger partial charge < -0.3 is 14.6 Å². The summed E-state index contributed by atoms with van der Waals surface area (Å²) in [7, 11) is -1.25. The minimum atomic E-state index is -4.11. The second-order valence-electron chi connectivity index (χ2n) is 9.61. The number of rotatable bonds is 5. The molecule has 2 rings (SSSR count). The molecule has 172 valence electrons. The Morgan fingerprint density at radius 3 is 1.84 bits per heavy atom. The number of nitriles is 1. The predicted molar refractivity (Wildman–Crippen MR) is 126 cm³/mol. The van der Waals surface area contributed by atoms with Crippen LogP contribution in [0.3, 0.4) is 0 Å². The van der Waals surface area contributed by atoms with Gasteiger partial charge in [0.25, 0.3) is 0 Å². The number of hydrogen-bond acceptors (Lipinski definition) is 6. The molecule has 0 heterocycles. The van der Waals surface area contributed by atoms with E-state index < -0.39 is 14.7 Å². The van der Waals surface area contributed by atoms with Crippen LogP contribution in [0.4, 0.5) is 0 Å². The van der Waals surface area contributed by atoms with Crippen LogP contribution in [-0.4, -0.2) is 27.7 Å². The number of ether oxygens (including phenoxy) is 2. The number of nitrogens with zero attached hydrogens (tertiary/aromatic N) is 1. The number of aromatic hydroxyl groups is 1. The van der Waals surface area contributed by atoms with Gasteiger partial charge in [-0.2, -0.15) is 5.26 Å². The molecule has 0 saturated heterocycles. The fraction of sp³-hybridized carbons (Fsp3) is 0.400. The van der Waals surface area contributed by atoms with E-state index >= 15 is 0 Å². The summed E-state index contributed by atoms with van der Waals surface area (Å²) < 4.78 is 36.8. The van der Waals surface area contributed by atoms with E-state index in [-0.39, 0.29) is 27.2 Å². The Morgan fingerprint density at radius 2 is 1.44 bits per heavy atom.